The maximum atomic E-state index is 12.1. The van der Waals surface area contributed by atoms with Crippen LogP contribution in [0.1, 0.15) is 30.0 Å². The largest absolute Gasteiger partial charge is 0.484 e. The van der Waals surface area contributed by atoms with Gasteiger partial charge in [0.2, 0.25) is 0 Å². The lowest BCUT2D eigenvalue weighted by molar-refractivity contribution is -0.118. The van der Waals surface area contributed by atoms with Gasteiger partial charge in [0.25, 0.3) is 5.91 Å². The highest BCUT2D eigenvalue weighted by Crippen LogP contribution is 2.26. The van der Waals surface area contributed by atoms with Gasteiger partial charge in [0.1, 0.15) is 5.75 Å². The average Bonchev–Trinajstić information content (AvgIpc) is 3.01. The fraction of sp³-hybridized carbons (Fsp3) is 0.316. The molecule has 0 saturated carbocycles. The van der Waals surface area contributed by atoms with Gasteiger partial charge in [0, 0.05) is 5.69 Å². The molecule has 0 heterocycles. The summed E-state index contributed by atoms with van der Waals surface area (Å²) >= 11 is 0. The van der Waals surface area contributed by atoms with Gasteiger partial charge in [-0.05, 0) is 60.6 Å². The molecule has 0 aromatic heterocycles. The summed E-state index contributed by atoms with van der Waals surface area (Å²) < 4.78 is 5.63. The van der Waals surface area contributed by atoms with E-state index in [2.05, 4.69) is 24.4 Å². The van der Waals surface area contributed by atoms with Crippen LogP contribution in [0.5, 0.6) is 5.75 Å². The summed E-state index contributed by atoms with van der Waals surface area (Å²) in [4.78, 5) is 12.1. The van der Waals surface area contributed by atoms with Crippen LogP contribution in [-0.2, 0) is 24.1 Å². The highest BCUT2D eigenvalue weighted by molar-refractivity contribution is 5.92. The molecular formula is C19H21NO2. The van der Waals surface area contributed by atoms with Crippen molar-refractivity contribution >= 4 is 11.6 Å². The minimum atomic E-state index is -0.124. The number of hydrogen-bond donors (Lipinski definition) is 1. The summed E-state index contributed by atoms with van der Waals surface area (Å²) in [5, 5.41) is 2.92. The van der Waals surface area contributed by atoms with Crippen LogP contribution < -0.4 is 10.1 Å². The molecule has 1 N–H and O–H groups in total. The number of carbonyl (C=O) groups is 1. The minimum absolute atomic E-state index is 0.0385. The molecule has 1 aliphatic carbocycles. The molecule has 0 atom stereocenters. The van der Waals surface area contributed by atoms with E-state index in [1.54, 1.807) is 0 Å². The molecular weight excluding hydrogens is 274 g/mol. The zero-order valence-corrected chi connectivity index (χ0v) is 12.9. The predicted molar refractivity (Wildman–Crippen MR) is 88.4 cm³/mol. The lowest BCUT2D eigenvalue weighted by Crippen LogP contribution is -2.20. The maximum absolute atomic E-state index is 12.1. The fourth-order valence-corrected chi connectivity index (χ4v) is 2.92. The molecule has 0 fully saturated rings. The molecule has 0 radical (unpaired) electrons. The molecule has 0 unspecified atom stereocenters. The standard InChI is InChI=1S/C19H21NO2/c1-2-14-6-3-4-9-18(14)20-19(21)13-22-17-11-10-15-7-5-8-16(15)12-17/h3-4,6,9-12H,2,5,7-8,13H2,1H3,(H,20,21). The van der Waals surface area contributed by atoms with E-state index < -0.39 is 0 Å². The predicted octanol–water partition coefficient (Wildman–Crippen LogP) is 3.76. The molecule has 22 heavy (non-hydrogen) atoms. The number of hydrogen-bond acceptors (Lipinski definition) is 2. The highest BCUT2D eigenvalue weighted by atomic mass is 16.5. The molecule has 3 heteroatoms. The average molecular weight is 295 g/mol. The molecule has 3 rings (SSSR count). The van der Waals surface area contributed by atoms with E-state index in [9.17, 15) is 4.79 Å². The Kier molecular flexibility index (Phi) is 4.42. The topological polar surface area (TPSA) is 38.3 Å². The summed E-state index contributed by atoms with van der Waals surface area (Å²) in [6.45, 7) is 2.11. The van der Waals surface area contributed by atoms with Crippen molar-refractivity contribution in [1.82, 2.24) is 0 Å². The molecule has 0 saturated heterocycles. The third-order valence-electron chi connectivity index (χ3n) is 4.11. The van der Waals surface area contributed by atoms with E-state index in [4.69, 9.17) is 4.74 Å². The smallest absolute Gasteiger partial charge is 0.262 e. The molecule has 2 aromatic carbocycles. The zero-order chi connectivity index (χ0) is 15.4. The first-order valence-electron chi connectivity index (χ1n) is 7.88. The fourth-order valence-electron chi connectivity index (χ4n) is 2.92. The van der Waals surface area contributed by atoms with Crippen LogP contribution in [0.4, 0.5) is 5.69 Å². The molecule has 2 aromatic rings. The quantitative estimate of drug-likeness (QED) is 0.912. The van der Waals surface area contributed by atoms with Crippen LogP contribution >= 0.6 is 0 Å². The number of aryl methyl sites for hydroxylation is 3. The Balaban J connectivity index is 1.58. The second-order valence-electron chi connectivity index (χ2n) is 5.63. The molecule has 0 aliphatic heterocycles. The van der Waals surface area contributed by atoms with Gasteiger partial charge in [0.05, 0.1) is 0 Å². The SMILES string of the molecule is CCc1ccccc1NC(=O)COc1ccc2c(c1)CCC2. The summed E-state index contributed by atoms with van der Waals surface area (Å²) in [6, 6.07) is 14.0. The maximum Gasteiger partial charge on any atom is 0.262 e. The number of amides is 1. The first-order valence-corrected chi connectivity index (χ1v) is 7.88. The second kappa shape index (κ2) is 6.65. The Hall–Kier alpha value is -2.29. The van der Waals surface area contributed by atoms with Crippen molar-refractivity contribution in [2.24, 2.45) is 0 Å². The van der Waals surface area contributed by atoms with Crippen LogP contribution in [-0.4, -0.2) is 12.5 Å². The Bertz CT molecular complexity index is 679. The molecule has 3 nitrogen and oxygen atoms in total. The first kappa shape index (κ1) is 14.6. The number of carbonyl (C=O) groups excluding carboxylic acids is 1. The van der Waals surface area contributed by atoms with E-state index >= 15 is 0 Å². The number of para-hydroxylation sites is 1. The van der Waals surface area contributed by atoms with Gasteiger partial charge in [-0.3, -0.25) is 4.79 Å². The van der Waals surface area contributed by atoms with Crippen LogP contribution in [0.2, 0.25) is 0 Å². The third-order valence-corrected chi connectivity index (χ3v) is 4.11. The van der Waals surface area contributed by atoms with E-state index in [0.29, 0.717) is 0 Å². The van der Waals surface area contributed by atoms with Gasteiger partial charge in [-0.2, -0.15) is 0 Å². The van der Waals surface area contributed by atoms with E-state index in [-0.39, 0.29) is 12.5 Å². The van der Waals surface area contributed by atoms with Crippen LogP contribution in [0, 0.1) is 0 Å². The van der Waals surface area contributed by atoms with Crippen molar-refractivity contribution in [3.8, 4) is 5.75 Å². The number of benzene rings is 2. The molecule has 0 spiro atoms. The summed E-state index contributed by atoms with van der Waals surface area (Å²) in [5.74, 6) is 0.654. The number of fused-ring (bicyclic) bond motifs is 1. The van der Waals surface area contributed by atoms with E-state index in [0.717, 1.165) is 36.3 Å². The van der Waals surface area contributed by atoms with Crippen molar-refractivity contribution in [1.29, 1.82) is 0 Å². The second-order valence-corrected chi connectivity index (χ2v) is 5.63. The van der Waals surface area contributed by atoms with Gasteiger partial charge in [-0.1, -0.05) is 31.2 Å². The molecule has 1 amide bonds. The lowest BCUT2D eigenvalue weighted by Gasteiger charge is -2.11. The van der Waals surface area contributed by atoms with Crippen molar-refractivity contribution in [2.45, 2.75) is 32.6 Å². The highest BCUT2D eigenvalue weighted by Gasteiger charge is 2.12. The minimum Gasteiger partial charge on any atom is -0.484 e. The van der Waals surface area contributed by atoms with Gasteiger partial charge < -0.3 is 10.1 Å². The summed E-state index contributed by atoms with van der Waals surface area (Å²) in [5.41, 5.74) is 4.77. The van der Waals surface area contributed by atoms with E-state index in [1.165, 1.54) is 17.5 Å². The normalized spacial score (nSPS) is 12.8. The van der Waals surface area contributed by atoms with Crippen molar-refractivity contribution in [3.05, 3.63) is 59.2 Å². The lowest BCUT2D eigenvalue weighted by atomic mass is 10.1. The van der Waals surface area contributed by atoms with Crippen molar-refractivity contribution < 1.29 is 9.53 Å². The van der Waals surface area contributed by atoms with Crippen LogP contribution in [0.25, 0.3) is 0 Å². The summed E-state index contributed by atoms with van der Waals surface area (Å²) in [6.07, 6.45) is 4.38. The monoisotopic (exact) mass is 295 g/mol. The first-order chi connectivity index (χ1) is 10.8. The van der Waals surface area contributed by atoms with E-state index in [1.807, 2.05) is 30.3 Å². The van der Waals surface area contributed by atoms with Crippen LogP contribution in [0.15, 0.2) is 42.5 Å². The zero-order valence-electron chi connectivity index (χ0n) is 12.9. The number of anilines is 1. The summed E-state index contributed by atoms with van der Waals surface area (Å²) in [7, 11) is 0. The van der Waals surface area contributed by atoms with Crippen LogP contribution in [0.3, 0.4) is 0 Å². The number of nitrogens with one attached hydrogen (secondary N) is 1. The Morgan fingerprint density at radius 2 is 1.95 bits per heavy atom. The van der Waals surface area contributed by atoms with Gasteiger partial charge in [-0.25, -0.2) is 0 Å². The number of ether oxygens (including phenoxy) is 1. The van der Waals surface area contributed by atoms with Crippen molar-refractivity contribution in [3.63, 3.8) is 0 Å². The third kappa shape index (κ3) is 3.30. The Morgan fingerprint density at radius 1 is 1.14 bits per heavy atom. The van der Waals surface area contributed by atoms with Crippen molar-refractivity contribution in [2.75, 3.05) is 11.9 Å². The Morgan fingerprint density at radius 3 is 2.82 bits per heavy atom. The van der Waals surface area contributed by atoms with Gasteiger partial charge >= 0.3 is 0 Å². The van der Waals surface area contributed by atoms with Gasteiger partial charge in [-0.15, -0.1) is 0 Å². The molecule has 114 valence electrons. The Labute approximate surface area is 131 Å². The molecule has 1 aliphatic rings. The number of rotatable bonds is 5. The van der Waals surface area contributed by atoms with Gasteiger partial charge in [0.15, 0.2) is 6.61 Å². The molecule has 0 bridgehead atoms.